The van der Waals surface area contributed by atoms with E-state index in [2.05, 4.69) is 10.6 Å². The molecule has 0 saturated heterocycles. The molecule has 0 bridgehead atoms. The average Bonchev–Trinajstić information content (AvgIpc) is 2.65. The number of ether oxygens (including phenoxy) is 2. The highest BCUT2D eigenvalue weighted by Gasteiger charge is 2.17. The van der Waals surface area contributed by atoms with Crippen LogP contribution in [0.15, 0.2) is 48.5 Å². The molecule has 2 N–H and O–H groups in total. The lowest BCUT2D eigenvalue weighted by atomic mass is 10.2. The Bertz CT molecular complexity index is 950. The topological polar surface area (TPSA) is 137 Å². The summed E-state index contributed by atoms with van der Waals surface area (Å²) in [6, 6.07) is 11.2. The standard InChI is InChI=1S/C20H21N3O7/c1-20(2,3)30-19(26)22-14-9-7-13(8-10-14)18(25)29-12-17(24)21-15-5-4-6-16(11-15)23(27)28/h4-11H,12H2,1-3H3,(H,21,24)(H,22,26). The highest BCUT2D eigenvalue weighted by molar-refractivity contribution is 5.96. The minimum Gasteiger partial charge on any atom is -0.452 e. The van der Waals surface area contributed by atoms with Gasteiger partial charge in [0.25, 0.3) is 11.6 Å². The molecule has 10 nitrogen and oxygen atoms in total. The van der Waals surface area contributed by atoms with E-state index in [1.807, 2.05) is 0 Å². The third-order valence-corrected chi connectivity index (χ3v) is 3.44. The molecule has 2 aromatic rings. The molecule has 0 unspecified atom stereocenters. The minimum absolute atomic E-state index is 0.174. The Balaban J connectivity index is 1.86. The number of carbonyl (C=O) groups is 3. The molecule has 0 aliphatic rings. The van der Waals surface area contributed by atoms with Crippen LogP contribution in [-0.2, 0) is 14.3 Å². The van der Waals surface area contributed by atoms with Crippen LogP contribution in [-0.4, -0.2) is 35.1 Å². The summed E-state index contributed by atoms with van der Waals surface area (Å²) >= 11 is 0. The Labute approximate surface area is 172 Å². The number of hydrogen-bond donors (Lipinski definition) is 2. The van der Waals surface area contributed by atoms with Crippen molar-refractivity contribution in [3.05, 3.63) is 64.2 Å². The van der Waals surface area contributed by atoms with Crippen LogP contribution in [0.2, 0.25) is 0 Å². The van der Waals surface area contributed by atoms with E-state index >= 15 is 0 Å². The second-order valence-corrected chi connectivity index (χ2v) is 7.14. The third-order valence-electron chi connectivity index (χ3n) is 3.44. The van der Waals surface area contributed by atoms with Gasteiger partial charge in [-0.3, -0.25) is 20.2 Å². The summed E-state index contributed by atoms with van der Waals surface area (Å²) in [5, 5.41) is 15.7. The van der Waals surface area contributed by atoms with Crippen molar-refractivity contribution in [3.8, 4) is 0 Å². The molecular weight excluding hydrogens is 394 g/mol. The monoisotopic (exact) mass is 415 g/mol. The quantitative estimate of drug-likeness (QED) is 0.416. The molecule has 0 aliphatic carbocycles. The summed E-state index contributed by atoms with van der Waals surface area (Å²) < 4.78 is 10.1. The molecule has 30 heavy (non-hydrogen) atoms. The number of rotatable bonds is 6. The number of carbonyl (C=O) groups excluding carboxylic acids is 3. The van der Waals surface area contributed by atoms with Crippen molar-refractivity contribution in [3.63, 3.8) is 0 Å². The summed E-state index contributed by atoms with van der Waals surface area (Å²) in [7, 11) is 0. The normalized spacial score (nSPS) is 10.6. The first-order valence-electron chi connectivity index (χ1n) is 8.85. The minimum atomic E-state index is -0.743. The highest BCUT2D eigenvalue weighted by Crippen LogP contribution is 2.17. The summed E-state index contributed by atoms with van der Waals surface area (Å²) in [4.78, 5) is 45.8. The lowest BCUT2D eigenvalue weighted by Crippen LogP contribution is -2.27. The first-order valence-corrected chi connectivity index (χ1v) is 8.85. The van der Waals surface area contributed by atoms with Gasteiger partial charge in [0.1, 0.15) is 5.60 Å². The molecule has 0 radical (unpaired) electrons. The number of anilines is 2. The van der Waals surface area contributed by atoms with E-state index in [1.54, 1.807) is 20.8 Å². The summed E-state index contributed by atoms with van der Waals surface area (Å²) in [5.41, 5.74) is -0.0104. The van der Waals surface area contributed by atoms with Crippen LogP contribution in [0, 0.1) is 10.1 Å². The molecule has 0 spiro atoms. The molecule has 0 heterocycles. The molecule has 0 saturated carbocycles. The zero-order valence-corrected chi connectivity index (χ0v) is 16.6. The van der Waals surface area contributed by atoms with Crippen molar-refractivity contribution in [1.29, 1.82) is 0 Å². The number of nitrogens with zero attached hydrogens (tertiary/aromatic N) is 1. The second-order valence-electron chi connectivity index (χ2n) is 7.14. The van der Waals surface area contributed by atoms with E-state index < -0.39 is 35.1 Å². The van der Waals surface area contributed by atoms with Crippen molar-refractivity contribution < 1.29 is 28.8 Å². The van der Waals surface area contributed by atoms with Gasteiger partial charge in [-0.2, -0.15) is 0 Å². The molecule has 2 aromatic carbocycles. The summed E-state index contributed by atoms with van der Waals surface area (Å²) in [5.74, 6) is -1.39. The molecule has 0 atom stereocenters. The average molecular weight is 415 g/mol. The number of non-ortho nitro benzene ring substituents is 1. The van der Waals surface area contributed by atoms with E-state index in [1.165, 1.54) is 48.5 Å². The number of nitro benzene ring substituents is 1. The fraction of sp³-hybridized carbons (Fsp3) is 0.250. The zero-order chi connectivity index (χ0) is 22.3. The summed E-state index contributed by atoms with van der Waals surface area (Å²) in [6.07, 6.45) is -0.629. The van der Waals surface area contributed by atoms with E-state index in [0.29, 0.717) is 5.69 Å². The molecule has 0 fully saturated rings. The smallest absolute Gasteiger partial charge is 0.412 e. The maximum atomic E-state index is 12.1. The Kier molecular flexibility index (Phi) is 7.08. The highest BCUT2D eigenvalue weighted by atomic mass is 16.6. The van der Waals surface area contributed by atoms with Gasteiger partial charge in [0.2, 0.25) is 0 Å². The van der Waals surface area contributed by atoms with Crippen molar-refractivity contribution in [2.24, 2.45) is 0 Å². The predicted molar refractivity (Wildman–Crippen MR) is 108 cm³/mol. The van der Waals surface area contributed by atoms with Gasteiger partial charge in [-0.05, 0) is 51.1 Å². The number of amides is 2. The summed E-state index contributed by atoms with van der Waals surface area (Å²) in [6.45, 7) is 4.64. The number of nitro groups is 1. The Morgan fingerprint density at radius 1 is 1.00 bits per heavy atom. The second kappa shape index (κ2) is 9.50. The van der Waals surface area contributed by atoms with Gasteiger partial charge in [0.05, 0.1) is 10.5 Å². The van der Waals surface area contributed by atoms with Crippen molar-refractivity contribution in [1.82, 2.24) is 0 Å². The zero-order valence-electron chi connectivity index (χ0n) is 16.6. The van der Waals surface area contributed by atoms with E-state index in [9.17, 15) is 24.5 Å². The lowest BCUT2D eigenvalue weighted by Gasteiger charge is -2.19. The van der Waals surface area contributed by atoms with Gasteiger partial charge in [-0.25, -0.2) is 9.59 Å². The maximum Gasteiger partial charge on any atom is 0.412 e. The van der Waals surface area contributed by atoms with E-state index in [-0.39, 0.29) is 16.9 Å². The first kappa shape index (κ1) is 22.3. The molecule has 2 amide bonds. The van der Waals surface area contributed by atoms with Crippen LogP contribution in [0.3, 0.4) is 0 Å². The first-order chi connectivity index (χ1) is 14.0. The molecular formula is C20H21N3O7. The van der Waals surface area contributed by atoms with Crippen molar-refractivity contribution >= 4 is 35.0 Å². The molecule has 2 rings (SSSR count). The maximum absolute atomic E-state index is 12.1. The third kappa shape index (κ3) is 7.23. The Morgan fingerprint density at radius 2 is 1.67 bits per heavy atom. The van der Waals surface area contributed by atoms with Gasteiger partial charge in [-0.1, -0.05) is 6.07 Å². The lowest BCUT2D eigenvalue weighted by molar-refractivity contribution is -0.384. The Morgan fingerprint density at radius 3 is 2.27 bits per heavy atom. The fourth-order valence-electron chi connectivity index (χ4n) is 2.22. The molecule has 0 aliphatic heterocycles. The van der Waals surface area contributed by atoms with Crippen LogP contribution in [0.1, 0.15) is 31.1 Å². The van der Waals surface area contributed by atoms with Crippen LogP contribution in [0.4, 0.5) is 21.9 Å². The number of benzene rings is 2. The van der Waals surface area contributed by atoms with Crippen LogP contribution < -0.4 is 10.6 Å². The van der Waals surface area contributed by atoms with Gasteiger partial charge >= 0.3 is 12.1 Å². The number of hydrogen-bond acceptors (Lipinski definition) is 7. The molecule has 158 valence electrons. The fourth-order valence-corrected chi connectivity index (χ4v) is 2.22. The van der Waals surface area contributed by atoms with E-state index in [0.717, 1.165) is 0 Å². The van der Waals surface area contributed by atoms with Gasteiger partial charge < -0.3 is 14.8 Å². The molecule has 10 heteroatoms. The SMILES string of the molecule is CC(C)(C)OC(=O)Nc1ccc(C(=O)OCC(=O)Nc2cccc([N+](=O)[O-])c2)cc1. The Hall–Kier alpha value is -3.95. The largest absolute Gasteiger partial charge is 0.452 e. The molecule has 0 aromatic heterocycles. The predicted octanol–water partition coefficient (Wildman–Crippen LogP) is 3.74. The number of esters is 1. The van der Waals surface area contributed by atoms with Crippen molar-refractivity contribution in [2.75, 3.05) is 17.2 Å². The van der Waals surface area contributed by atoms with Crippen LogP contribution >= 0.6 is 0 Å². The van der Waals surface area contributed by atoms with Gasteiger partial charge in [0, 0.05) is 23.5 Å². The van der Waals surface area contributed by atoms with Crippen LogP contribution in [0.25, 0.3) is 0 Å². The van der Waals surface area contributed by atoms with E-state index in [4.69, 9.17) is 9.47 Å². The van der Waals surface area contributed by atoms with Crippen molar-refractivity contribution in [2.45, 2.75) is 26.4 Å². The van der Waals surface area contributed by atoms with Crippen LogP contribution in [0.5, 0.6) is 0 Å². The number of nitrogens with one attached hydrogen (secondary N) is 2. The van der Waals surface area contributed by atoms with Gasteiger partial charge in [-0.15, -0.1) is 0 Å². The van der Waals surface area contributed by atoms with Gasteiger partial charge in [0.15, 0.2) is 6.61 Å².